The van der Waals surface area contributed by atoms with Crippen LogP contribution in [0.25, 0.3) is 11.1 Å². The molecule has 0 amide bonds. The van der Waals surface area contributed by atoms with E-state index in [1.165, 1.54) is 0 Å². The van der Waals surface area contributed by atoms with Crippen molar-refractivity contribution in [2.75, 3.05) is 0 Å². The van der Waals surface area contributed by atoms with Crippen LogP contribution in [0.4, 0.5) is 0 Å². The van der Waals surface area contributed by atoms with E-state index in [2.05, 4.69) is 36.4 Å². The van der Waals surface area contributed by atoms with E-state index in [0.29, 0.717) is 17.7 Å². The third-order valence-electron chi connectivity index (χ3n) is 3.15. The molecule has 0 radical (unpaired) electrons. The maximum atomic E-state index is 5.69. The largest absolute Gasteiger partial charge is 0.417 e. The van der Waals surface area contributed by atoms with Crippen molar-refractivity contribution in [3.63, 3.8) is 0 Å². The molecule has 1 heterocycles. The predicted molar refractivity (Wildman–Crippen MR) is 105 cm³/mol. The van der Waals surface area contributed by atoms with Gasteiger partial charge in [-0.1, -0.05) is 75.5 Å². The Morgan fingerprint density at radius 2 is 1.50 bits per heavy atom. The van der Waals surface area contributed by atoms with Crippen LogP contribution >= 0.6 is 0 Å². The highest BCUT2D eigenvalue weighted by atomic mass is 16.4. The highest BCUT2D eigenvalue weighted by Crippen LogP contribution is 2.18. The minimum atomic E-state index is 0.340. The summed E-state index contributed by atoms with van der Waals surface area (Å²) in [6, 6.07) is 0. The second kappa shape index (κ2) is 12.1. The Kier molecular flexibility index (Phi) is 10.8. The zero-order chi connectivity index (χ0) is 18.5. The molecular formula is C21H30N2O. The third-order valence-corrected chi connectivity index (χ3v) is 3.15. The van der Waals surface area contributed by atoms with Crippen LogP contribution in [0.15, 0.2) is 65.7 Å². The average Bonchev–Trinajstić information content (AvgIpc) is 3.11. The lowest BCUT2D eigenvalue weighted by Gasteiger charge is -1.95. The highest BCUT2D eigenvalue weighted by molar-refractivity contribution is 5.61. The molecule has 0 bridgehead atoms. The fourth-order valence-corrected chi connectivity index (χ4v) is 1.46. The predicted octanol–water partition coefficient (Wildman–Crippen LogP) is 6.41. The molecule has 24 heavy (non-hydrogen) atoms. The Morgan fingerprint density at radius 1 is 0.958 bits per heavy atom. The molecule has 0 spiro atoms. The molecule has 0 aliphatic rings. The summed E-state index contributed by atoms with van der Waals surface area (Å²) < 4.78 is 5.69. The van der Waals surface area contributed by atoms with Gasteiger partial charge in [0, 0.05) is 11.1 Å². The lowest BCUT2D eigenvalue weighted by atomic mass is 10.1. The van der Waals surface area contributed by atoms with Gasteiger partial charge in [0.2, 0.25) is 11.8 Å². The lowest BCUT2D eigenvalue weighted by molar-refractivity contribution is 0.524. The Morgan fingerprint density at radius 3 is 2.00 bits per heavy atom. The van der Waals surface area contributed by atoms with Gasteiger partial charge >= 0.3 is 0 Å². The fraction of sp³-hybridized carbons (Fsp3) is 0.333. The zero-order valence-electron chi connectivity index (χ0n) is 15.8. The monoisotopic (exact) mass is 326 g/mol. The van der Waals surface area contributed by atoms with Crippen LogP contribution < -0.4 is 0 Å². The zero-order valence-corrected chi connectivity index (χ0v) is 15.8. The average molecular weight is 326 g/mol. The molecule has 1 unspecified atom stereocenters. The van der Waals surface area contributed by atoms with Gasteiger partial charge in [-0.3, -0.25) is 0 Å². The molecular weight excluding hydrogens is 296 g/mol. The van der Waals surface area contributed by atoms with Crippen LogP contribution in [-0.2, 0) is 0 Å². The van der Waals surface area contributed by atoms with Gasteiger partial charge in [0.15, 0.2) is 0 Å². The van der Waals surface area contributed by atoms with Crippen molar-refractivity contribution >= 4 is 11.1 Å². The second-order valence-electron chi connectivity index (χ2n) is 5.21. The molecule has 0 aliphatic heterocycles. The first kappa shape index (κ1) is 21.6. The van der Waals surface area contributed by atoms with Crippen molar-refractivity contribution in [3.05, 3.63) is 73.0 Å². The maximum Gasteiger partial charge on any atom is 0.243 e. The fourth-order valence-electron chi connectivity index (χ4n) is 1.46. The van der Waals surface area contributed by atoms with Gasteiger partial charge in [-0.15, -0.1) is 16.8 Å². The number of rotatable bonds is 7. The summed E-state index contributed by atoms with van der Waals surface area (Å²) in [6.07, 6.45) is 13.6. The number of hydrogen-bond donors (Lipinski definition) is 0. The van der Waals surface area contributed by atoms with Crippen LogP contribution in [0.5, 0.6) is 0 Å². The van der Waals surface area contributed by atoms with Gasteiger partial charge in [-0.2, -0.15) is 0 Å². The summed E-state index contributed by atoms with van der Waals surface area (Å²) in [4.78, 5) is 0. The molecule has 3 nitrogen and oxygen atoms in total. The van der Waals surface area contributed by atoms with Gasteiger partial charge in [0.1, 0.15) is 0 Å². The van der Waals surface area contributed by atoms with E-state index in [1.807, 2.05) is 65.0 Å². The SMILES string of the molecule is C=C/C(C)=C\C=C(/C)c1nnc(/C(C)=C/C=CC(C)C=C)o1.CC. The third kappa shape index (κ3) is 7.73. The molecule has 0 fully saturated rings. The van der Waals surface area contributed by atoms with E-state index in [9.17, 15) is 0 Å². The summed E-state index contributed by atoms with van der Waals surface area (Å²) in [5.74, 6) is 1.40. The molecule has 0 saturated heterocycles. The second-order valence-corrected chi connectivity index (χ2v) is 5.21. The molecule has 1 atom stereocenters. The van der Waals surface area contributed by atoms with Crippen molar-refractivity contribution in [2.24, 2.45) is 5.92 Å². The molecule has 130 valence electrons. The number of allylic oxidation sites excluding steroid dienone is 10. The summed E-state index contributed by atoms with van der Waals surface area (Å²) in [5, 5.41) is 8.16. The Balaban J connectivity index is 0.00000254. The lowest BCUT2D eigenvalue weighted by Crippen LogP contribution is -1.80. The van der Waals surface area contributed by atoms with Crippen molar-refractivity contribution in [1.82, 2.24) is 10.2 Å². The number of nitrogens with zero attached hydrogens (tertiary/aromatic N) is 2. The summed E-state index contributed by atoms with van der Waals surface area (Å²) in [5.41, 5.74) is 2.93. The van der Waals surface area contributed by atoms with Crippen molar-refractivity contribution < 1.29 is 4.42 Å². The number of aromatic nitrogens is 2. The topological polar surface area (TPSA) is 38.9 Å². The molecule has 1 aromatic heterocycles. The summed E-state index contributed by atoms with van der Waals surface area (Å²) in [6.45, 7) is 19.4. The normalized spacial score (nSPS) is 14.2. The minimum Gasteiger partial charge on any atom is -0.417 e. The molecule has 1 rings (SSSR count). The van der Waals surface area contributed by atoms with Crippen LogP contribution in [0.1, 0.15) is 53.3 Å². The van der Waals surface area contributed by atoms with E-state index in [-0.39, 0.29) is 0 Å². The van der Waals surface area contributed by atoms with Crippen molar-refractivity contribution in [3.8, 4) is 0 Å². The summed E-state index contributed by atoms with van der Waals surface area (Å²) in [7, 11) is 0. The van der Waals surface area contributed by atoms with E-state index in [1.54, 1.807) is 6.08 Å². The van der Waals surface area contributed by atoms with E-state index in [4.69, 9.17) is 4.42 Å². The standard InChI is InChI=1S/C19H24N2O.C2H6/c1-7-14(3)10-9-11-16(5)18-20-21-19(22-18)17(6)13-12-15(4)8-2;1-2/h7-14H,1-2H2,3-6H3;1-2H3/b10-9?,15-12-,16-11+,17-13+;. The molecule has 1 aromatic rings. The number of hydrogen-bond acceptors (Lipinski definition) is 3. The smallest absolute Gasteiger partial charge is 0.243 e. The maximum absolute atomic E-state index is 5.69. The molecule has 3 heteroatoms. The highest BCUT2D eigenvalue weighted by Gasteiger charge is 2.08. The first-order valence-electron chi connectivity index (χ1n) is 8.27. The van der Waals surface area contributed by atoms with E-state index in [0.717, 1.165) is 16.7 Å². The molecule has 0 saturated carbocycles. The Hall–Kier alpha value is -2.42. The Bertz CT molecular complexity index is 643. The molecule has 0 N–H and O–H groups in total. The van der Waals surface area contributed by atoms with Gasteiger partial charge in [0.25, 0.3) is 0 Å². The van der Waals surface area contributed by atoms with E-state index < -0.39 is 0 Å². The van der Waals surface area contributed by atoms with Crippen LogP contribution in [-0.4, -0.2) is 10.2 Å². The van der Waals surface area contributed by atoms with Crippen molar-refractivity contribution in [1.29, 1.82) is 0 Å². The van der Waals surface area contributed by atoms with Crippen molar-refractivity contribution in [2.45, 2.75) is 41.5 Å². The Labute approximate surface area is 146 Å². The van der Waals surface area contributed by atoms with Crippen LogP contribution in [0.3, 0.4) is 0 Å². The van der Waals surface area contributed by atoms with Gasteiger partial charge in [0.05, 0.1) is 0 Å². The van der Waals surface area contributed by atoms with Gasteiger partial charge < -0.3 is 4.42 Å². The van der Waals surface area contributed by atoms with E-state index >= 15 is 0 Å². The van der Waals surface area contributed by atoms with Gasteiger partial charge in [-0.25, -0.2) is 0 Å². The van der Waals surface area contributed by atoms with Crippen LogP contribution in [0, 0.1) is 5.92 Å². The molecule has 0 aromatic carbocycles. The molecule has 0 aliphatic carbocycles. The minimum absolute atomic E-state index is 0.340. The van der Waals surface area contributed by atoms with Crippen LogP contribution in [0.2, 0.25) is 0 Å². The first-order valence-corrected chi connectivity index (χ1v) is 8.27. The quantitative estimate of drug-likeness (QED) is 0.429. The summed E-state index contributed by atoms with van der Waals surface area (Å²) >= 11 is 0. The van der Waals surface area contributed by atoms with Gasteiger partial charge in [-0.05, 0) is 26.7 Å². The first-order chi connectivity index (χ1) is 11.5.